The van der Waals surface area contributed by atoms with Crippen LogP contribution in [-0.2, 0) is 20.1 Å². The van der Waals surface area contributed by atoms with Gasteiger partial charge in [0.05, 0.1) is 18.6 Å². The van der Waals surface area contributed by atoms with E-state index in [4.69, 9.17) is 14.3 Å². The molecular weight excluding hydrogens is 286 g/mol. The molecule has 0 spiro atoms. The van der Waals surface area contributed by atoms with E-state index < -0.39 is 18.0 Å². The van der Waals surface area contributed by atoms with Crippen LogP contribution in [0.1, 0.15) is 23.0 Å². The number of hydrogen-bond acceptors (Lipinski definition) is 6. The van der Waals surface area contributed by atoms with Crippen molar-refractivity contribution in [2.24, 2.45) is 0 Å². The van der Waals surface area contributed by atoms with Crippen LogP contribution in [0.4, 0.5) is 0 Å². The molecule has 0 aliphatic rings. The fourth-order valence-corrected chi connectivity index (χ4v) is 2.39. The number of rotatable bonds is 9. The van der Waals surface area contributed by atoms with Gasteiger partial charge in [0.15, 0.2) is 0 Å². The molecule has 0 bridgehead atoms. The summed E-state index contributed by atoms with van der Waals surface area (Å²) in [4.78, 5) is 32.7. The molecule has 1 amide bonds. The average Bonchev–Trinajstić information content (AvgIpc) is 2.86. The number of aliphatic carboxylic acids is 1. The van der Waals surface area contributed by atoms with Crippen LogP contribution in [0, 0.1) is 0 Å². The van der Waals surface area contributed by atoms with Gasteiger partial charge in [-0.05, 0) is 13.0 Å². The number of ether oxygens (including phenoxy) is 1. The maximum Gasteiger partial charge on any atom is 0.341 e. The molecule has 1 rings (SSSR count). The van der Waals surface area contributed by atoms with Crippen molar-refractivity contribution in [3.8, 4) is 0 Å². The predicted molar refractivity (Wildman–Crippen MR) is 71.5 cm³/mol. The van der Waals surface area contributed by atoms with Crippen LogP contribution in [0.3, 0.4) is 0 Å². The molecule has 7 nitrogen and oxygen atoms in total. The summed E-state index contributed by atoms with van der Waals surface area (Å²) in [6.45, 7) is 1.97. The van der Waals surface area contributed by atoms with Gasteiger partial charge in [-0.3, -0.25) is 4.79 Å². The van der Waals surface area contributed by atoms with Crippen molar-refractivity contribution in [2.45, 2.75) is 18.7 Å². The fraction of sp³-hybridized carbons (Fsp3) is 0.417. The molecule has 1 aromatic heterocycles. The Hall–Kier alpha value is -1.96. The number of hydrogen-bond donors (Lipinski definition) is 2. The van der Waals surface area contributed by atoms with Crippen LogP contribution < -0.4 is 5.32 Å². The quantitative estimate of drug-likeness (QED) is 0.515. The second-order valence-corrected chi connectivity index (χ2v) is 4.70. The van der Waals surface area contributed by atoms with Crippen molar-refractivity contribution in [3.05, 3.63) is 23.7 Å². The summed E-state index contributed by atoms with van der Waals surface area (Å²) >= 11 is 1.23. The lowest BCUT2D eigenvalue weighted by atomic mass is 10.3. The van der Waals surface area contributed by atoms with Crippen LogP contribution in [0.5, 0.6) is 0 Å². The monoisotopic (exact) mass is 301 g/mol. The number of carbonyl (C=O) groups is 3. The van der Waals surface area contributed by atoms with E-state index in [2.05, 4.69) is 5.32 Å². The highest BCUT2D eigenvalue weighted by molar-refractivity contribution is 7.98. The van der Waals surface area contributed by atoms with Crippen molar-refractivity contribution in [1.82, 2.24) is 5.32 Å². The molecule has 1 atom stereocenters. The Morgan fingerprint density at radius 3 is 2.95 bits per heavy atom. The average molecular weight is 301 g/mol. The summed E-state index contributed by atoms with van der Waals surface area (Å²) in [7, 11) is 0. The molecule has 110 valence electrons. The SMILES string of the molecule is CCOC(=O)c1ccoc1CSCC(NC=O)C(=O)O. The Kier molecular flexibility index (Phi) is 6.65. The molecule has 2 N–H and O–H groups in total. The van der Waals surface area contributed by atoms with Gasteiger partial charge in [0, 0.05) is 5.75 Å². The first-order valence-electron chi connectivity index (χ1n) is 5.83. The largest absolute Gasteiger partial charge is 0.480 e. The van der Waals surface area contributed by atoms with Crippen molar-refractivity contribution in [2.75, 3.05) is 12.4 Å². The first-order chi connectivity index (χ1) is 9.60. The number of nitrogens with one attached hydrogen (secondary N) is 1. The number of furan rings is 1. The first-order valence-corrected chi connectivity index (χ1v) is 6.99. The molecule has 0 aliphatic heterocycles. The van der Waals surface area contributed by atoms with Gasteiger partial charge < -0.3 is 19.6 Å². The summed E-state index contributed by atoms with van der Waals surface area (Å²) in [5.41, 5.74) is 0.328. The Bertz CT molecular complexity index is 472. The highest BCUT2D eigenvalue weighted by Gasteiger charge is 2.19. The van der Waals surface area contributed by atoms with Crippen LogP contribution in [0.15, 0.2) is 16.7 Å². The third-order valence-corrected chi connectivity index (χ3v) is 3.36. The number of carboxylic acids is 1. The van der Waals surface area contributed by atoms with Crippen LogP contribution in [-0.4, -0.2) is 41.9 Å². The highest BCUT2D eigenvalue weighted by Crippen LogP contribution is 2.19. The van der Waals surface area contributed by atoms with Crippen LogP contribution >= 0.6 is 11.8 Å². The molecule has 0 saturated carbocycles. The van der Waals surface area contributed by atoms with E-state index in [0.29, 0.717) is 23.5 Å². The zero-order valence-electron chi connectivity index (χ0n) is 10.8. The second kappa shape index (κ2) is 8.26. The van der Waals surface area contributed by atoms with E-state index in [1.807, 2.05) is 0 Å². The second-order valence-electron chi connectivity index (χ2n) is 3.67. The molecule has 0 fully saturated rings. The molecule has 0 saturated heterocycles. The topological polar surface area (TPSA) is 106 Å². The number of esters is 1. The highest BCUT2D eigenvalue weighted by atomic mass is 32.2. The lowest BCUT2D eigenvalue weighted by Crippen LogP contribution is -2.37. The van der Waals surface area contributed by atoms with E-state index in [-0.39, 0.29) is 12.4 Å². The normalized spacial score (nSPS) is 11.7. The molecule has 0 aromatic carbocycles. The van der Waals surface area contributed by atoms with Gasteiger partial charge in [0.25, 0.3) is 0 Å². The lowest BCUT2D eigenvalue weighted by molar-refractivity contribution is -0.139. The molecule has 1 unspecified atom stereocenters. The molecule has 1 aromatic rings. The number of amides is 1. The van der Waals surface area contributed by atoms with E-state index in [0.717, 1.165) is 0 Å². The summed E-state index contributed by atoms with van der Waals surface area (Å²) in [6.07, 6.45) is 1.72. The minimum atomic E-state index is -1.12. The Balaban J connectivity index is 2.53. The smallest absolute Gasteiger partial charge is 0.341 e. The van der Waals surface area contributed by atoms with Crippen molar-refractivity contribution in [3.63, 3.8) is 0 Å². The maximum absolute atomic E-state index is 11.6. The third-order valence-electron chi connectivity index (χ3n) is 2.33. The van der Waals surface area contributed by atoms with Crippen LogP contribution in [0.25, 0.3) is 0 Å². The van der Waals surface area contributed by atoms with Crippen molar-refractivity contribution >= 4 is 30.1 Å². The van der Waals surface area contributed by atoms with E-state index in [9.17, 15) is 14.4 Å². The Morgan fingerprint density at radius 1 is 1.60 bits per heavy atom. The number of thioether (sulfide) groups is 1. The van der Waals surface area contributed by atoms with Gasteiger partial charge in [-0.15, -0.1) is 0 Å². The third kappa shape index (κ3) is 4.61. The number of carbonyl (C=O) groups excluding carboxylic acids is 2. The molecule has 20 heavy (non-hydrogen) atoms. The van der Waals surface area contributed by atoms with Crippen LogP contribution in [0.2, 0.25) is 0 Å². The van der Waals surface area contributed by atoms with E-state index >= 15 is 0 Å². The van der Waals surface area contributed by atoms with Gasteiger partial charge >= 0.3 is 11.9 Å². The Morgan fingerprint density at radius 2 is 2.35 bits per heavy atom. The van der Waals surface area contributed by atoms with Gasteiger partial charge in [0.2, 0.25) is 6.41 Å². The van der Waals surface area contributed by atoms with Gasteiger partial charge in [-0.2, -0.15) is 11.8 Å². The predicted octanol–water partition coefficient (Wildman–Crippen LogP) is 0.889. The molecule has 1 heterocycles. The summed E-state index contributed by atoms with van der Waals surface area (Å²) < 4.78 is 10.0. The van der Waals surface area contributed by atoms with Gasteiger partial charge in [-0.1, -0.05) is 0 Å². The zero-order chi connectivity index (χ0) is 15.0. The maximum atomic E-state index is 11.6. The van der Waals surface area contributed by atoms with E-state index in [1.54, 1.807) is 6.92 Å². The summed E-state index contributed by atoms with van der Waals surface area (Å²) in [5.74, 6) is -0.696. The number of carboxylic acid groups (broad SMARTS) is 1. The van der Waals surface area contributed by atoms with Gasteiger partial charge in [0.1, 0.15) is 17.4 Å². The minimum absolute atomic E-state index is 0.164. The molecule has 0 radical (unpaired) electrons. The minimum Gasteiger partial charge on any atom is -0.480 e. The molecule has 0 aliphatic carbocycles. The van der Waals surface area contributed by atoms with Gasteiger partial charge in [-0.25, -0.2) is 9.59 Å². The molecule has 8 heteroatoms. The van der Waals surface area contributed by atoms with E-state index in [1.165, 1.54) is 24.1 Å². The standard InChI is InChI=1S/C12H15NO6S/c1-2-18-12(17)8-3-4-19-10(8)6-20-5-9(11(15)16)13-7-14/h3-4,7,9H,2,5-6H2,1H3,(H,13,14)(H,15,16). The lowest BCUT2D eigenvalue weighted by Gasteiger charge is -2.10. The first kappa shape index (κ1) is 16.1. The zero-order valence-corrected chi connectivity index (χ0v) is 11.6. The van der Waals surface area contributed by atoms with Crippen molar-refractivity contribution < 1.29 is 28.6 Å². The fourth-order valence-electron chi connectivity index (χ4n) is 1.39. The summed E-state index contributed by atoms with van der Waals surface area (Å²) in [6, 6.07) is 0.533. The van der Waals surface area contributed by atoms with Crippen molar-refractivity contribution in [1.29, 1.82) is 0 Å². The Labute approximate surface area is 119 Å². The summed E-state index contributed by atoms with van der Waals surface area (Å²) in [5, 5.41) is 11.0. The molecular formula is C12H15NO6S.